The summed E-state index contributed by atoms with van der Waals surface area (Å²) in [6, 6.07) is 0. The first-order valence-corrected chi connectivity index (χ1v) is 4.81. The molecule has 78 valence electrons. The predicted molar refractivity (Wildman–Crippen MR) is 55.2 cm³/mol. The van der Waals surface area contributed by atoms with Gasteiger partial charge in [-0.05, 0) is 22.9 Å². The van der Waals surface area contributed by atoms with Crippen molar-refractivity contribution in [2.24, 2.45) is 0 Å². The number of aryl methyl sites for hydroxylation is 1. The molecule has 2 aromatic heterocycles. The van der Waals surface area contributed by atoms with E-state index in [1.807, 2.05) is 0 Å². The number of aromatic amines is 1. The second-order valence-corrected chi connectivity index (χ2v) is 3.73. The van der Waals surface area contributed by atoms with Crippen molar-refractivity contribution in [3.63, 3.8) is 0 Å². The molecule has 0 aromatic carbocycles. The van der Waals surface area contributed by atoms with Gasteiger partial charge >= 0.3 is 5.97 Å². The maximum absolute atomic E-state index is 11.7. The third kappa shape index (κ3) is 1.35. The van der Waals surface area contributed by atoms with Crippen LogP contribution in [0.1, 0.15) is 16.1 Å². The number of carboxylic acids is 1. The first-order valence-electron chi connectivity index (χ1n) is 4.01. The Labute approximate surface area is 91.7 Å². The lowest BCUT2D eigenvalue weighted by atomic mass is 10.3. The maximum Gasteiger partial charge on any atom is 0.342 e. The van der Waals surface area contributed by atoms with E-state index in [1.54, 1.807) is 6.92 Å². The number of imidazole rings is 1. The highest BCUT2D eigenvalue weighted by molar-refractivity contribution is 9.10. The first kappa shape index (κ1) is 9.91. The van der Waals surface area contributed by atoms with E-state index in [-0.39, 0.29) is 5.56 Å². The topological polar surface area (TPSA) is 87.5 Å². The van der Waals surface area contributed by atoms with Crippen LogP contribution < -0.4 is 5.56 Å². The van der Waals surface area contributed by atoms with Gasteiger partial charge in [-0.2, -0.15) is 0 Å². The van der Waals surface area contributed by atoms with Gasteiger partial charge in [-0.3, -0.25) is 4.79 Å². The zero-order valence-electron chi connectivity index (χ0n) is 7.61. The lowest BCUT2D eigenvalue weighted by molar-refractivity contribution is 0.0694. The van der Waals surface area contributed by atoms with Gasteiger partial charge < -0.3 is 10.1 Å². The molecule has 2 heterocycles. The Bertz CT molecular complexity index is 613. The van der Waals surface area contributed by atoms with Crippen LogP contribution in [0.25, 0.3) is 5.78 Å². The van der Waals surface area contributed by atoms with Crippen molar-refractivity contribution in [2.45, 2.75) is 6.92 Å². The van der Waals surface area contributed by atoms with Crippen LogP contribution >= 0.6 is 15.9 Å². The number of H-pyrrole nitrogens is 1. The highest BCUT2D eigenvalue weighted by atomic mass is 79.9. The zero-order chi connectivity index (χ0) is 11.2. The van der Waals surface area contributed by atoms with Crippen LogP contribution in [0.15, 0.2) is 15.6 Å². The number of halogens is 1. The second-order valence-electron chi connectivity index (χ2n) is 2.98. The number of rotatable bonds is 1. The Morgan fingerprint density at radius 1 is 1.67 bits per heavy atom. The number of carboxylic acid groups (broad SMARTS) is 1. The molecule has 0 aliphatic heterocycles. The molecule has 0 bridgehead atoms. The molecule has 0 saturated heterocycles. The van der Waals surface area contributed by atoms with E-state index in [2.05, 4.69) is 25.9 Å². The summed E-state index contributed by atoms with van der Waals surface area (Å²) in [5, 5.41) is 8.74. The number of carbonyl (C=O) groups is 1. The molecule has 0 atom stereocenters. The van der Waals surface area contributed by atoms with E-state index in [0.29, 0.717) is 16.1 Å². The molecule has 0 aliphatic rings. The van der Waals surface area contributed by atoms with Crippen LogP contribution in [0.4, 0.5) is 0 Å². The zero-order valence-corrected chi connectivity index (χ0v) is 9.20. The second kappa shape index (κ2) is 3.20. The summed E-state index contributed by atoms with van der Waals surface area (Å²) in [6.07, 6.45) is 1.04. The maximum atomic E-state index is 11.7. The van der Waals surface area contributed by atoms with E-state index in [9.17, 15) is 9.59 Å². The van der Waals surface area contributed by atoms with E-state index < -0.39 is 11.5 Å². The smallest absolute Gasteiger partial charge is 0.342 e. The van der Waals surface area contributed by atoms with Gasteiger partial charge in [-0.15, -0.1) is 0 Å². The number of aromatic nitrogens is 3. The summed E-state index contributed by atoms with van der Waals surface area (Å²) in [7, 11) is 0. The summed E-state index contributed by atoms with van der Waals surface area (Å²) < 4.78 is 1.66. The van der Waals surface area contributed by atoms with Crippen LogP contribution in [0.2, 0.25) is 0 Å². The Morgan fingerprint density at radius 2 is 2.33 bits per heavy atom. The van der Waals surface area contributed by atoms with E-state index in [0.717, 1.165) is 6.20 Å². The van der Waals surface area contributed by atoms with Gasteiger partial charge in [0.1, 0.15) is 10.2 Å². The summed E-state index contributed by atoms with van der Waals surface area (Å²) in [6.45, 7) is 1.75. The summed E-state index contributed by atoms with van der Waals surface area (Å²) in [5.41, 5.74) is -0.252. The Morgan fingerprint density at radius 3 is 2.93 bits per heavy atom. The molecule has 15 heavy (non-hydrogen) atoms. The van der Waals surface area contributed by atoms with Crippen molar-refractivity contribution >= 4 is 27.7 Å². The van der Waals surface area contributed by atoms with E-state index in [4.69, 9.17) is 5.11 Å². The summed E-state index contributed by atoms with van der Waals surface area (Å²) in [5.74, 6) is -0.970. The van der Waals surface area contributed by atoms with Gasteiger partial charge in [0.25, 0.3) is 5.56 Å². The van der Waals surface area contributed by atoms with Gasteiger partial charge in [0.05, 0.1) is 6.20 Å². The Balaban J connectivity index is 2.95. The molecule has 0 unspecified atom stereocenters. The summed E-state index contributed by atoms with van der Waals surface area (Å²) >= 11 is 3.18. The fourth-order valence-corrected chi connectivity index (χ4v) is 1.69. The largest absolute Gasteiger partial charge is 0.477 e. The molecule has 2 rings (SSSR count). The standard InChI is InChI=1S/C8H6BrN3O3/c1-3-5(9)12-6(13)4(7(14)15)2-10-8(12)11-3/h2H,1H3,(H,10,11)(H,14,15). The highest BCUT2D eigenvalue weighted by Gasteiger charge is 2.15. The first-order chi connectivity index (χ1) is 7.02. The van der Waals surface area contributed by atoms with Crippen molar-refractivity contribution in [1.82, 2.24) is 14.4 Å². The number of hydrogen-bond acceptors (Lipinski definition) is 3. The van der Waals surface area contributed by atoms with Crippen LogP contribution in [-0.4, -0.2) is 25.4 Å². The molecule has 0 amide bonds. The van der Waals surface area contributed by atoms with Gasteiger partial charge in [0.15, 0.2) is 0 Å². The minimum absolute atomic E-state index is 0.314. The molecule has 0 radical (unpaired) electrons. The molecule has 0 spiro atoms. The fraction of sp³-hybridized carbons (Fsp3) is 0.125. The van der Waals surface area contributed by atoms with Crippen molar-refractivity contribution in [3.05, 3.63) is 32.4 Å². The Kier molecular flexibility index (Phi) is 2.11. The number of nitrogens with zero attached hydrogens (tertiary/aromatic N) is 2. The number of aromatic carboxylic acids is 1. The minimum atomic E-state index is -1.28. The molecular formula is C8H6BrN3O3. The molecule has 0 fully saturated rings. The lowest BCUT2D eigenvalue weighted by Crippen LogP contribution is -2.22. The molecule has 0 aliphatic carbocycles. The van der Waals surface area contributed by atoms with Crippen LogP contribution in [0.5, 0.6) is 0 Å². The summed E-state index contributed by atoms with van der Waals surface area (Å²) in [4.78, 5) is 29.1. The van der Waals surface area contributed by atoms with Gasteiger partial charge in [0, 0.05) is 5.69 Å². The lowest BCUT2D eigenvalue weighted by Gasteiger charge is -1.95. The van der Waals surface area contributed by atoms with Crippen LogP contribution in [0, 0.1) is 6.92 Å². The third-order valence-corrected chi connectivity index (χ3v) is 2.95. The van der Waals surface area contributed by atoms with E-state index in [1.165, 1.54) is 4.40 Å². The van der Waals surface area contributed by atoms with Gasteiger partial charge in [-0.25, -0.2) is 14.2 Å². The third-order valence-electron chi connectivity index (χ3n) is 2.00. The molecule has 0 saturated carbocycles. The molecule has 2 N–H and O–H groups in total. The number of fused-ring (bicyclic) bond motifs is 1. The molecule has 7 heteroatoms. The van der Waals surface area contributed by atoms with Crippen molar-refractivity contribution in [3.8, 4) is 0 Å². The quantitative estimate of drug-likeness (QED) is 0.803. The Hall–Kier alpha value is -1.63. The van der Waals surface area contributed by atoms with Crippen molar-refractivity contribution < 1.29 is 9.90 Å². The molecular weight excluding hydrogens is 266 g/mol. The average Bonchev–Trinajstić information content (AvgIpc) is 2.43. The molecule has 2 aromatic rings. The molecule has 6 nitrogen and oxygen atoms in total. The normalized spacial score (nSPS) is 10.8. The predicted octanol–water partition coefficient (Wildman–Crippen LogP) is 0.792. The highest BCUT2D eigenvalue weighted by Crippen LogP contribution is 2.14. The SMILES string of the molecule is Cc1[nH]c2ncc(C(=O)O)c(=O)n2c1Br. The number of hydrogen-bond donors (Lipinski definition) is 2. The van der Waals surface area contributed by atoms with Gasteiger partial charge in [-0.1, -0.05) is 0 Å². The fourth-order valence-electron chi connectivity index (χ4n) is 1.26. The van der Waals surface area contributed by atoms with E-state index >= 15 is 0 Å². The van der Waals surface area contributed by atoms with Crippen LogP contribution in [0.3, 0.4) is 0 Å². The average molecular weight is 272 g/mol. The monoisotopic (exact) mass is 271 g/mol. The van der Waals surface area contributed by atoms with Crippen LogP contribution in [-0.2, 0) is 0 Å². The van der Waals surface area contributed by atoms with Gasteiger partial charge in [0.2, 0.25) is 5.78 Å². The minimum Gasteiger partial charge on any atom is -0.477 e. The van der Waals surface area contributed by atoms with Crippen molar-refractivity contribution in [2.75, 3.05) is 0 Å². The number of nitrogens with one attached hydrogen (secondary N) is 1. The van der Waals surface area contributed by atoms with Crippen molar-refractivity contribution in [1.29, 1.82) is 0 Å².